The zero-order valence-corrected chi connectivity index (χ0v) is 21.9. The molecule has 206 valence electrons. The van der Waals surface area contributed by atoms with Gasteiger partial charge in [-0.3, -0.25) is 4.90 Å². The van der Waals surface area contributed by atoms with Crippen molar-refractivity contribution >= 4 is 27.4 Å². The number of ether oxygens (including phenoxy) is 2. The molecule has 2 heterocycles. The molecule has 2 aromatic carbocycles. The highest BCUT2D eigenvalue weighted by atomic mass is 32.2. The summed E-state index contributed by atoms with van der Waals surface area (Å²) in [5.41, 5.74) is -1.01. The smallest absolute Gasteiger partial charge is 0.419 e. The summed E-state index contributed by atoms with van der Waals surface area (Å²) in [5, 5.41) is 3.52. The van der Waals surface area contributed by atoms with Gasteiger partial charge < -0.3 is 14.8 Å². The molecule has 4 rings (SSSR count). The van der Waals surface area contributed by atoms with E-state index in [2.05, 4.69) is 15.3 Å². The summed E-state index contributed by atoms with van der Waals surface area (Å²) in [5.74, 6) is 0.0611. The van der Waals surface area contributed by atoms with Crippen molar-refractivity contribution in [1.29, 1.82) is 0 Å². The molecular weight excluding hydrogens is 528 g/mol. The Hall–Kier alpha value is -3.19. The first-order valence-corrected chi connectivity index (χ1v) is 13.3. The lowest BCUT2D eigenvalue weighted by Crippen LogP contribution is -2.35. The van der Waals surface area contributed by atoms with Crippen LogP contribution in [0.4, 0.5) is 23.4 Å². The monoisotopic (exact) mass is 556 g/mol. The van der Waals surface area contributed by atoms with Gasteiger partial charge in [-0.2, -0.15) is 13.2 Å². The third-order valence-corrected chi connectivity index (χ3v) is 7.07. The molecule has 1 aromatic heterocycles. The van der Waals surface area contributed by atoms with Gasteiger partial charge >= 0.3 is 6.18 Å². The Kier molecular flexibility index (Phi) is 8.26. The van der Waals surface area contributed by atoms with Crippen LogP contribution < -0.4 is 14.8 Å². The largest absolute Gasteiger partial charge is 0.493 e. The molecule has 0 bridgehead atoms. The molecule has 8 nitrogen and oxygen atoms in total. The summed E-state index contributed by atoms with van der Waals surface area (Å²) in [6, 6.07) is 5.52. The maximum Gasteiger partial charge on any atom is 0.419 e. The molecule has 1 aliphatic heterocycles. The lowest BCUT2D eigenvalue weighted by Gasteiger charge is -2.23. The van der Waals surface area contributed by atoms with Gasteiger partial charge in [-0.15, -0.1) is 0 Å². The van der Waals surface area contributed by atoms with Crippen LogP contribution in [0.3, 0.4) is 0 Å². The van der Waals surface area contributed by atoms with E-state index in [1.54, 1.807) is 19.1 Å². The Morgan fingerprint density at radius 2 is 1.97 bits per heavy atom. The maximum atomic E-state index is 14.8. The average molecular weight is 557 g/mol. The zero-order valence-electron chi connectivity index (χ0n) is 21.0. The van der Waals surface area contributed by atoms with Gasteiger partial charge in [0.05, 0.1) is 30.1 Å². The number of thiol groups is 1. The highest BCUT2D eigenvalue weighted by molar-refractivity contribution is 7.72. The molecule has 13 heteroatoms. The zero-order chi connectivity index (χ0) is 27.6. The van der Waals surface area contributed by atoms with Crippen molar-refractivity contribution in [3.63, 3.8) is 0 Å². The summed E-state index contributed by atoms with van der Waals surface area (Å²) in [4.78, 5) is 10.7. The minimum atomic E-state index is -4.82. The first-order chi connectivity index (χ1) is 18.0. The van der Waals surface area contributed by atoms with Crippen LogP contribution in [0.2, 0.25) is 0 Å². The van der Waals surface area contributed by atoms with E-state index in [4.69, 9.17) is 9.47 Å². The van der Waals surface area contributed by atoms with Gasteiger partial charge in [0.1, 0.15) is 24.1 Å². The van der Waals surface area contributed by atoms with Crippen LogP contribution in [0.25, 0.3) is 10.9 Å². The van der Waals surface area contributed by atoms with Gasteiger partial charge in [0.15, 0.2) is 22.2 Å². The third kappa shape index (κ3) is 6.09. The molecule has 1 N–H and O–H groups in total. The predicted octanol–water partition coefficient (Wildman–Crippen LogP) is 4.69. The Morgan fingerprint density at radius 3 is 2.66 bits per heavy atom. The van der Waals surface area contributed by atoms with Crippen LogP contribution in [-0.4, -0.2) is 55.5 Å². The van der Waals surface area contributed by atoms with Crippen LogP contribution in [0.1, 0.15) is 42.8 Å². The first-order valence-electron chi connectivity index (χ1n) is 11.9. The molecular formula is C25H28F4N4O4S. The number of aromatic nitrogens is 2. The van der Waals surface area contributed by atoms with Gasteiger partial charge in [0, 0.05) is 23.1 Å². The molecule has 0 unspecified atom stereocenters. The number of benzene rings is 2. The summed E-state index contributed by atoms with van der Waals surface area (Å²) >= 11 is 0. The third-order valence-electron chi connectivity index (χ3n) is 6.47. The van der Waals surface area contributed by atoms with E-state index >= 15 is 0 Å². The number of fused-ring (bicyclic) bond motifs is 1. The number of hydrogen-bond acceptors (Lipinski definition) is 8. The van der Waals surface area contributed by atoms with Crippen LogP contribution >= 0.6 is 0 Å². The van der Waals surface area contributed by atoms with E-state index in [-0.39, 0.29) is 29.9 Å². The van der Waals surface area contributed by atoms with E-state index in [0.717, 1.165) is 18.9 Å². The normalized spacial score (nSPS) is 17.2. The van der Waals surface area contributed by atoms with Gasteiger partial charge in [0.2, 0.25) is 0 Å². The number of alkyl halides is 3. The lowest BCUT2D eigenvalue weighted by atomic mass is 10.0. The molecule has 2 atom stereocenters. The second kappa shape index (κ2) is 11.3. The van der Waals surface area contributed by atoms with Crippen molar-refractivity contribution in [2.45, 2.75) is 44.9 Å². The number of likely N-dealkylation sites (tertiary alicyclic amines) is 1. The van der Waals surface area contributed by atoms with E-state index in [1.807, 2.05) is 4.90 Å². The SMILES string of the molecule is COc1cc2nc(C)nc(N[C@H](C)c3cccc(C(F)(F)F)c3F)c2cc1OC[C@@H]1CCCN1C[SH](=O)=O. The molecule has 1 fully saturated rings. The molecule has 0 saturated carbocycles. The van der Waals surface area contributed by atoms with Crippen molar-refractivity contribution < 1.29 is 35.5 Å². The van der Waals surface area contributed by atoms with Crippen molar-refractivity contribution in [3.05, 3.63) is 53.1 Å². The number of nitrogens with one attached hydrogen (secondary N) is 1. The Labute approximate surface area is 218 Å². The van der Waals surface area contributed by atoms with E-state index in [0.29, 0.717) is 40.8 Å². The molecule has 1 saturated heterocycles. The number of hydrogen-bond donors (Lipinski definition) is 2. The lowest BCUT2D eigenvalue weighted by molar-refractivity contribution is -0.140. The number of aryl methyl sites for hydroxylation is 1. The van der Waals surface area contributed by atoms with Gasteiger partial charge in [0.25, 0.3) is 0 Å². The first kappa shape index (κ1) is 27.8. The van der Waals surface area contributed by atoms with E-state index in [1.165, 1.54) is 20.1 Å². The maximum absolute atomic E-state index is 14.8. The molecule has 0 aliphatic carbocycles. The van der Waals surface area contributed by atoms with Gasteiger partial charge in [-0.05, 0) is 45.4 Å². The number of anilines is 1. The number of methoxy groups -OCH3 is 1. The van der Waals surface area contributed by atoms with Crippen molar-refractivity contribution in [2.24, 2.45) is 0 Å². The van der Waals surface area contributed by atoms with Gasteiger partial charge in [-0.25, -0.2) is 22.8 Å². The fourth-order valence-corrected chi connectivity index (χ4v) is 5.29. The topological polar surface area (TPSA) is 93.7 Å². The van der Waals surface area contributed by atoms with Crippen LogP contribution in [-0.2, 0) is 16.9 Å². The highest BCUT2D eigenvalue weighted by Gasteiger charge is 2.35. The molecule has 0 spiro atoms. The van der Waals surface area contributed by atoms with Crippen LogP contribution in [0.5, 0.6) is 11.5 Å². The van der Waals surface area contributed by atoms with Crippen molar-refractivity contribution in [1.82, 2.24) is 14.9 Å². The second-order valence-corrected chi connectivity index (χ2v) is 10.1. The summed E-state index contributed by atoms with van der Waals surface area (Å²) < 4.78 is 88.4. The summed E-state index contributed by atoms with van der Waals surface area (Å²) in [6.45, 7) is 4.09. The summed E-state index contributed by atoms with van der Waals surface area (Å²) in [7, 11) is -1.07. The number of rotatable bonds is 9. The number of nitrogens with zero attached hydrogens (tertiary/aromatic N) is 3. The van der Waals surface area contributed by atoms with Gasteiger partial charge in [-0.1, -0.05) is 12.1 Å². The number of halogens is 4. The fraction of sp³-hybridized carbons (Fsp3) is 0.440. The molecule has 3 aromatic rings. The van der Waals surface area contributed by atoms with Crippen molar-refractivity contribution in [3.8, 4) is 11.5 Å². The fourth-order valence-electron chi connectivity index (χ4n) is 4.63. The standard InChI is InChI=1S/C25H28F4N4O4S/c1-14(17-7-4-8-19(23(17)26)25(27,28)29)30-24-18-10-22(21(36-3)11-20(18)31-15(2)32-24)37-12-16-6-5-9-33(16)13-38(34)35/h4,7-8,10-11,14,16,38H,5-6,9,12-13H2,1-3H3,(H,30,31,32)/t14-,16+/m1/s1. The molecule has 0 radical (unpaired) electrons. The van der Waals surface area contributed by atoms with E-state index < -0.39 is 34.3 Å². The minimum absolute atomic E-state index is 0.0383. The average Bonchev–Trinajstić information content (AvgIpc) is 3.27. The Morgan fingerprint density at radius 1 is 1.21 bits per heavy atom. The quantitative estimate of drug-likeness (QED) is 0.290. The molecule has 1 aliphatic rings. The summed E-state index contributed by atoms with van der Waals surface area (Å²) in [6.07, 6.45) is -3.18. The second-order valence-electron chi connectivity index (χ2n) is 9.11. The molecule has 0 amide bonds. The predicted molar refractivity (Wildman–Crippen MR) is 135 cm³/mol. The Balaban J connectivity index is 1.65. The van der Waals surface area contributed by atoms with Crippen molar-refractivity contribution in [2.75, 3.05) is 31.5 Å². The minimum Gasteiger partial charge on any atom is -0.493 e. The Bertz CT molecular complexity index is 1390. The molecule has 38 heavy (non-hydrogen) atoms. The van der Waals surface area contributed by atoms with Crippen LogP contribution in [0.15, 0.2) is 30.3 Å². The van der Waals surface area contributed by atoms with Crippen LogP contribution in [0, 0.1) is 12.7 Å². The van der Waals surface area contributed by atoms with E-state index in [9.17, 15) is 26.0 Å². The highest BCUT2D eigenvalue weighted by Crippen LogP contribution is 2.37.